The maximum atomic E-state index is 12.0. The minimum absolute atomic E-state index is 0.209. The molecule has 0 saturated heterocycles. The molecule has 0 saturated carbocycles. The monoisotopic (exact) mass is 352 g/mol. The molecule has 0 bridgehead atoms. The number of rotatable bonds is 6. The van der Waals surface area contributed by atoms with Crippen LogP contribution in [0.2, 0.25) is 0 Å². The van der Waals surface area contributed by atoms with Crippen LogP contribution in [0.15, 0.2) is 48.5 Å². The molecule has 1 amide bonds. The second-order valence-electron chi connectivity index (χ2n) is 5.08. The number of nitrogens with one attached hydrogen (secondary N) is 1. The summed E-state index contributed by atoms with van der Waals surface area (Å²) in [7, 11) is 0. The van der Waals surface area contributed by atoms with Crippen molar-refractivity contribution in [2.45, 2.75) is 6.92 Å². The number of esters is 2. The molecule has 0 aliphatic rings. The van der Waals surface area contributed by atoms with Gasteiger partial charge < -0.3 is 14.8 Å². The van der Waals surface area contributed by atoms with E-state index < -0.39 is 24.5 Å². The van der Waals surface area contributed by atoms with Crippen LogP contribution in [0.3, 0.4) is 0 Å². The first-order valence-corrected chi connectivity index (χ1v) is 7.78. The molecule has 2 aromatic carbocycles. The van der Waals surface area contributed by atoms with Crippen molar-refractivity contribution in [3.05, 3.63) is 65.2 Å². The highest BCUT2D eigenvalue weighted by Crippen LogP contribution is 2.16. The Bertz CT molecular complexity index is 853. The third kappa shape index (κ3) is 4.92. The molecule has 132 valence electrons. The topological polar surface area (TPSA) is 105 Å². The zero-order valence-electron chi connectivity index (χ0n) is 14.0. The molecule has 0 aliphatic carbocycles. The fourth-order valence-electron chi connectivity index (χ4n) is 2.06. The first kappa shape index (κ1) is 18.7. The minimum Gasteiger partial charge on any atom is -0.462 e. The molecular weight excluding hydrogens is 336 g/mol. The maximum Gasteiger partial charge on any atom is 0.340 e. The summed E-state index contributed by atoms with van der Waals surface area (Å²) in [6.45, 7) is 1.38. The molecule has 1 N–H and O–H groups in total. The number of carbonyl (C=O) groups excluding carboxylic acids is 3. The summed E-state index contributed by atoms with van der Waals surface area (Å²) in [5.41, 5.74) is 1.12. The van der Waals surface area contributed by atoms with Crippen LogP contribution in [-0.4, -0.2) is 31.1 Å². The number of benzene rings is 2. The second-order valence-corrected chi connectivity index (χ2v) is 5.08. The van der Waals surface area contributed by atoms with Gasteiger partial charge in [0, 0.05) is 0 Å². The zero-order chi connectivity index (χ0) is 18.9. The molecule has 2 rings (SSSR count). The van der Waals surface area contributed by atoms with E-state index in [1.54, 1.807) is 25.1 Å². The fraction of sp³-hybridized carbons (Fsp3) is 0.158. The summed E-state index contributed by atoms with van der Waals surface area (Å²) in [6.07, 6.45) is 0. The summed E-state index contributed by atoms with van der Waals surface area (Å²) >= 11 is 0. The van der Waals surface area contributed by atoms with Gasteiger partial charge in [0.2, 0.25) is 0 Å². The highest BCUT2D eigenvalue weighted by Gasteiger charge is 2.15. The molecule has 0 aromatic heterocycles. The molecule has 7 heteroatoms. The molecule has 7 nitrogen and oxygen atoms in total. The largest absolute Gasteiger partial charge is 0.462 e. The van der Waals surface area contributed by atoms with E-state index in [0.717, 1.165) is 0 Å². The van der Waals surface area contributed by atoms with Crippen LogP contribution in [0.25, 0.3) is 0 Å². The SMILES string of the molecule is CCOC(=O)c1ccccc1NC(=O)COC(=O)c1ccc(C#N)cc1. The Kier molecular flexibility index (Phi) is 6.46. The summed E-state index contributed by atoms with van der Waals surface area (Å²) in [4.78, 5) is 35.8. The van der Waals surface area contributed by atoms with Gasteiger partial charge in [-0.1, -0.05) is 12.1 Å². The van der Waals surface area contributed by atoms with Gasteiger partial charge in [-0.3, -0.25) is 4.79 Å². The number of nitriles is 1. The molecule has 0 fully saturated rings. The van der Waals surface area contributed by atoms with E-state index in [-0.39, 0.29) is 23.4 Å². The van der Waals surface area contributed by atoms with Gasteiger partial charge in [0.05, 0.1) is 35.1 Å². The molecular formula is C19H16N2O5. The summed E-state index contributed by atoms with van der Waals surface area (Å²) < 4.78 is 9.86. The van der Waals surface area contributed by atoms with Gasteiger partial charge >= 0.3 is 11.9 Å². The minimum atomic E-state index is -0.691. The van der Waals surface area contributed by atoms with Crippen LogP contribution in [0.5, 0.6) is 0 Å². The maximum absolute atomic E-state index is 12.0. The first-order chi connectivity index (χ1) is 12.5. The third-order valence-corrected chi connectivity index (χ3v) is 3.28. The van der Waals surface area contributed by atoms with E-state index in [1.165, 1.54) is 30.3 Å². The predicted octanol–water partition coefficient (Wildman–Crippen LogP) is 2.53. The van der Waals surface area contributed by atoms with E-state index in [4.69, 9.17) is 14.7 Å². The van der Waals surface area contributed by atoms with Crippen LogP contribution >= 0.6 is 0 Å². The number of hydrogen-bond donors (Lipinski definition) is 1. The lowest BCUT2D eigenvalue weighted by atomic mass is 10.1. The number of anilines is 1. The number of hydrogen-bond acceptors (Lipinski definition) is 6. The van der Waals surface area contributed by atoms with Crippen molar-refractivity contribution in [1.82, 2.24) is 0 Å². The van der Waals surface area contributed by atoms with Gasteiger partial charge in [-0.25, -0.2) is 9.59 Å². The van der Waals surface area contributed by atoms with Crippen LogP contribution in [0.4, 0.5) is 5.69 Å². The number of para-hydroxylation sites is 1. The van der Waals surface area contributed by atoms with Gasteiger partial charge in [0.1, 0.15) is 0 Å². The van der Waals surface area contributed by atoms with E-state index >= 15 is 0 Å². The molecule has 0 aliphatic heterocycles. The van der Waals surface area contributed by atoms with Gasteiger partial charge in [-0.15, -0.1) is 0 Å². The molecule has 0 unspecified atom stereocenters. The lowest BCUT2D eigenvalue weighted by molar-refractivity contribution is -0.119. The normalized spacial score (nSPS) is 9.69. The first-order valence-electron chi connectivity index (χ1n) is 7.78. The molecule has 0 spiro atoms. The summed E-state index contributed by atoms with van der Waals surface area (Å²) in [5, 5.41) is 11.2. The fourth-order valence-corrected chi connectivity index (χ4v) is 2.06. The van der Waals surface area contributed by atoms with Crippen LogP contribution < -0.4 is 5.32 Å². The number of nitrogens with zero attached hydrogens (tertiary/aromatic N) is 1. The highest BCUT2D eigenvalue weighted by atomic mass is 16.5. The molecule has 0 radical (unpaired) electrons. The van der Waals surface area contributed by atoms with E-state index in [0.29, 0.717) is 5.56 Å². The van der Waals surface area contributed by atoms with Gasteiger partial charge in [-0.05, 0) is 43.3 Å². The van der Waals surface area contributed by atoms with Gasteiger partial charge in [0.25, 0.3) is 5.91 Å². The Morgan fingerprint density at radius 3 is 2.35 bits per heavy atom. The number of carbonyl (C=O) groups is 3. The van der Waals surface area contributed by atoms with Crippen molar-refractivity contribution in [3.63, 3.8) is 0 Å². The van der Waals surface area contributed by atoms with Crippen LogP contribution in [-0.2, 0) is 14.3 Å². The number of ether oxygens (including phenoxy) is 2. The van der Waals surface area contributed by atoms with E-state index in [1.807, 2.05) is 6.07 Å². The second kappa shape index (κ2) is 8.99. The highest BCUT2D eigenvalue weighted by molar-refractivity contribution is 6.02. The van der Waals surface area contributed by atoms with Gasteiger partial charge in [0.15, 0.2) is 6.61 Å². The van der Waals surface area contributed by atoms with Crippen molar-refractivity contribution >= 4 is 23.5 Å². The smallest absolute Gasteiger partial charge is 0.340 e. The summed E-state index contributed by atoms with van der Waals surface area (Å²) in [5.74, 6) is -1.84. The van der Waals surface area contributed by atoms with Crippen molar-refractivity contribution in [1.29, 1.82) is 5.26 Å². The number of amides is 1. The third-order valence-electron chi connectivity index (χ3n) is 3.28. The van der Waals surface area contributed by atoms with Crippen LogP contribution in [0, 0.1) is 11.3 Å². The predicted molar refractivity (Wildman–Crippen MR) is 92.5 cm³/mol. The standard InChI is InChI=1S/C19H16N2O5/c1-2-25-19(24)15-5-3-4-6-16(15)21-17(22)12-26-18(23)14-9-7-13(11-20)8-10-14/h3-10H,2,12H2,1H3,(H,21,22). The Morgan fingerprint density at radius 1 is 1.00 bits per heavy atom. The molecule has 2 aromatic rings. The molecule has 0 atom stereocenters. The van der Waals surface area contributed by atoms with Crippen molar-refractivity contribution in [2.24, 2.45) is 0 Å². The average Bonchev–Trinajstić information content (AvgIpc) is 2.66. The Hall–Kier alpha value is -3.66. The average molecular weight is 352 g/mol. The Labute approximate surface area is 150 Å². The van der Waals surface area contributed by atoms with Crippen LogP contribution in [0.1, 0.15) is 33.2 Å². The molecule has 0 heterocycles. The Balaban J connectivity index is 1.96. The van der Waals surface area contributed by atoms with E-state index in [2.05, 4.69) is 5.32 Å². The molecule has 26 heavy (non-hydrogen) atoms. The lowest BCUT2D eigenvalue weighted by Gasteiger charge is -2.10. The Morgan fingerprint density at radius 2 is 1.69 bits per heavy atom. The summed E-state index contributed by atoms with van der Waals surface area (Å²) in [6, 6.07) is 14.1. The van der Waals surface area contributed by atoms with E-state index in [9.17, 15) is 14.4 Å². The zero-order valence-corrected chi connectivity index (χ0v) is 14.0. The lowest BCUT2D eigenvalue weighted by Crippen LogP contribution is -2.22. The van der Waals surface area contributed by atoms with Crippen molar-refractivity contribution < 1.29 is 23.9 Å². The van der Waals surface area contributed by atoms with Crippen molar-refractivity contribution in [2.75, 3.05) is 18.5 Å². The quantitative estimate of drug-likeness (QED) is 0.801. The van der Waals surface area contributed by atoms with Crippen molar-refractivity contribution in [3.8, 4) is 6.07 Å². The van der Waals surface area contributed by atoms with Gasteiger partial charge in [-0.2, -0.15) is 5.26 Å².